The van der Waals surface area contributed by atoms with Crippen molar-refractivity contribution in [1.29, 1.82) is 0 Å². The number of aldehydes is 1. The highest BCUT2D eigenvalue weighted by Crippen LogP contribution is 2.67. The second-order valence-corrected chi connectivity index (χ2v) is 5.20. The van der Waals surface area contributed by atoms with Crippen LogP contribution in [0, 0.1) is 5.41 Å². The van der Waals surface area contributed by atoms with Crippen LogP contribution in [-0.4, -0.2) is 21.8 Å². The van der Waals surface area contributed by atoms with E-state index in [0.717, 1.165) is 6.29 Å². The zero-order valence-corrected chi connectivity index (χ0v) is 8.66. The van der Waals surface area contributed by atoms with E-state index in [2.05, 4.69) is 22.2 Å². The van der Waals surface area contributed by atoms with Gasteiger partial charge in [-0.1, -0.05) is 6.92 Å². The molecule has 0 unspecified atom stereocenters. The molecule has 4 rings (SSSR count). The standard InChI is InChI=1S/C11H13N3O/c1-10-5-11(6-10,7-10)14-9-12-2-8(4-15)3-13-9/h2-4H,5-7H2,1H3,(H,12,13,14). The summed E-state index contributed by atoms with van der Waals surface area (Å²) in [5.41, 5.74) is 1.36. The van der Waals surface area contributed by atoms with Gasteiger partial charge in [0.2, 0.25) is 5.95 Å². The molecule has 0 aliphatic heterocycles. The molecule has 3 aliphatic carbocycles. The molecule has 3 saturated carbocycles. The Morgan fingerprint density at radius 3 is 2.40 bits per heavy atom. The fourth-order valence-electron chi connectivity index (χ4n) is 3.13. The van der Waals surface area contributed by atoms with E-state index in [9.17, 15) is 4.79 Å². The van der Waals surface area contributed by atoms with Crippen LogP contribution in [0.3, 0.4) is 0 Å². The van der Waals surface area contributed by atoms with Gasteiger partial charge in [0.05, 0.1) is 5.56 Å². The Kier molecular flexibility index (Phi) is 1.51. The van der Waals surface area contributed by atoms with Crippen molar-refractivity contribution in [3.05, 3.63) is 18.0 Å². The van der Waals surface area contributed by atoms with Crippen LogP contribution in [0.1, 0.15) is 36.5 Å². The van der Waals surface area contributed by atoms with Crippen molar-refractivity contribution in [2.24, 2.45) is 5.41 Å². The maximum atomic E-state index is 10.4. The molecule has 0 spiro atoms. The Labute approximate surface area is 88.1 Å². The van der Waals surface area contributed by atoms with E-state index in [1.807, 2.05) is 0 Å². The lowest BCUT2D eigenvalue weighted by Gasteiger charge is -2.69. The number of hydrogen-bond donors (Lipinski definition) is 1. The highest BCUT2D eigenvalue weighted by atomic mass is 16.1. The number of nitrogens with one attached hydrogen (secondary N) is 1. The normalized spacial score (nSPS) is 36.3. The maximum absolute atomic E-state index is 10.4. The number of anilines is 1. The molecule has 78 valence electrons. The van der Waals surface area contributed by atoms with Gasteiger partial charge in [0.15, 0.2) is 6.29 Å². The highest BCUT2D eigenvalue weighted by Gasteiger charge is 2.65. The summed E-state index contributed by atoms with van der Waals surface area (Å²) in [5.74, 6) is 0.641. The van der Waals surface area contributed by atoms with Gasteiger partial charge < -0.3 is 5.32 Å². The molecule has 0 atom stereocenters. The van der Waals surface area contributed by atoms with Gasteiger partial charge >= 0.3 is 0 Å². The first kappa shape index (κ1) is 8.83. The smallest absolute Gasteiger partial charge is 0.223 e. The number of nitrogens with zero attached hydrogens (tertiary/aromatic N) is 2. The van der Waals surface area contributed by atoms with Crippen LogP contribution in [0.15, 0.2) is 12.4 Å². The number of hydrogen-bond acceptors (Lipinski definition) is 4. The average Bonchev–Trinajstić information content (AvgIpc) is 2.15. The summed E-state index contributed by atoms with van der Waals surface area (Å²) in [7, 11) is 0. The summed E-state index contributed by atoms with van der Waals surface area (Å²) in [5, 5.41) is 3.36. The molecule has 0 aromatic carbocycles. The van der Waals surface area contributed by atoms with E-state index < -0.39 is 0 Å². The van der Waals surface area contributed by atoms with Crippen LogP contribution in [0.5, 0.6) is 0 Å². The number of aromatic nitrogens is 2. The number of carbonyl (C=O) groups is 1. The second kappa shape index (κ2) is 2.56. The van der Waals surface area contributed by atoms with E-state index in [0.29, 0.717) is 16.9 Å². The van der Waals surface area contributed by atoms with Gasteiger partial charge in [0.1, 0.15) is 0 Å². The second-order valence-electron chi connectivity index (χ2n) is 5.20. The van der Waals surface area contributed by atoms with Crippen molar-refractivity contribution in [2.75, 3.05) is 5.32 Å². The van der Waals surface area contributed by atoms with Crippen molar-refractivity contribution < 1.29 is 4.79 Å². The minimum Gasteiger partial charge on any atom is -0.349 e. The third-order valence-corrected chi connectivity index (χ3v) is 3.48. The van der Waals surface area contributed by atoms with Crippen molar-refractivity contribution in [1.82, 2.24) is 9.97 Å². The molecule has 1 heterocycles. The first-order valence-electron chi connectivity index (χ1n) is 5.19. The quantitative estimate of drug-likeness (QED) is 0.759. The molecule has 4 nitrogen and oxygen atoms in total. The predicted molar refractivity (Wildman–Crippen MR) is 55.7 cm³/mol. The van der Waals surface area contributed by atoms with Crippen molar-refractivity contribution >= 4 is 12.2 Å². The van der Waals surface area contributed by atoms with Gasteiger partial charge in [-0.3, -0.25) is 4.79 Å². The lowest BCUT2D eigenvalue weighted by atomic mass is 9.40. The summed E-state index contributed by atoms with van der Waals surface area (Å²) in [6.45, 7) is 2.31. The van der Waals surface area contributed by atoms with Crippen molar-refractivity contribution in [3.63, 3.8) is 0 Å². The highest BCUT2D eigenvalue weighted by molar-refractivity contribution is 5.73. The summed E-state index contributed by atoms with van der Waals surface area (Å²) in [6, 6.07) is 0. The molecule has 0 saturated heterocycles. The van der Waals surface area contributed by atoms with Crippen LogP contribution in [0.2, 0.25) is 0 Å². The van der Waals surface area contributed by atoms with Gasteiger partial charge in [-0.15, -0.1) is 0 Å². The molecule has 2 bridgehead atoms. The Bertz CT molecular complexity index is 393. The Morgan fingerprint density at radius 2 is 1.93 bits per heavy atom. The van der Waals surface area contributed by atoms with Crippen LogP contribution in [-0.2, 0) is 0 Å². The molecule has 15 heavy (non-hydrogen) atoms. The van der Waals surface area contributed by atoms with E-state index in [1.165, 1.54) is 19.3 Å². The van der Waals surface area contributed by atoms with Crippen molar-refractivity contribution in [3.8, 4) is 0 Å². The molecule has 1 aromatic rings. The molecule has 3 fully saturated rings. The van der Waals surface area contributed by atoms with Gasteiger partial charge in [0.25, 0.3) is 0 Å². The Balaban J connectivity index is 1.70. The number of rotatable bonds is 3. The minimum atomic E-state index is 0.261. The Morgan fingerprint density at radius 1 is 1.33 bits per heavy atom. The van der Waals surface area contributed by atoms with Gasteiger partial charge in [0, 0.05) is 17.9 Å². The first-order valence-corrected chi connectivity index (χ1v) is 5.19. The van der Waals surface area contributed by atoms with Crippen LogP contribution in [0.25, 0.3) is 0 Å². The third-order valence-electron chi connectivity index (χ3n) is 3.48. The lowest BCUT2D eigenvalue weighted by Crippen LogP contribution is -2.69. The zero-order valence-electron chi connectivity index (χ0n) is 8.66. The molecule has 1 N–H and O–H groups in total. The first-order chi connectivity index (χ1) is 7.13. The van der Waals surface area contributed by atoms with Gasteiger partial charge in [-0.2, -0.15) is 0 Å². The average molecular weight is 203 g/mol. The summed E-state index contributed by atoms with van der Waals surface area (Å²) >= 11 is 0. The predicted octanol–water partition coefficient (Wildman–Crippen LogP) is 1.64. The molecule has 4 heteroatoms. The molecule has 0 amide bonds. The monoisotopic (exact) mass is 203 g/mol. The minimum absolute atomic E-state index is 0.261. The van der Waals surface area contributed by atoms with Crippen LogP contribution >= 0.6 is 0 Å². The fourth-order valence-corrected chi connectivity index (χ4v) is 3.13. The van der Waals surface area contributed by atoms with E-state index >= 15 is 0 Å². The maximum Gasteiger partial charge on any atom is 0.223 e. The van der Waals surface area contributed by atoms with Crippen molar-refractivity contribution in [2.45, 2.75) is 31.7 Å². The van der Waals surface area contributed by atoms with Gasteiger partial charge in [-0.05, 0) is 24.7 Å². The number of carbonyl (C=O) groups excluding carboxylic acids is 1. The lowest BCUT2D eigenvalue weighted by molar-refractivity contribution is -0.100. The van der Waals surface area contributed by atoms with E-state index in [-0.39, 0.29) is 5.54 Å². The zero-order chi connectivity index (χ0) is 10.5. The largest absolute Gasteiger partial charge is 0.349 e. The third kappa shape index (κ3) is 1.24. The Hall–Kier alpha value is -1.45. The summed E-state index contributed by atoms with van der Waals surface area (Å²) in [4.78, 5) is 18.6. The van der Waals surface area contributed by atoms with Gasteiger partial charge in [-0.25, -0.2) is 9.97 Å². The summed E-state index contributed by atoms with van der Waals surface area (Å²) in [6.07, 6.45) is 7.52. The molecular formula is C11H13N3O. The van der Waals surface area contributed by atoms with Crippen LogP contribution in [0.4, 0.5) is 5.95 Å². The van der Waals surface area contributed by atoms with E-state index in [4.69, 9.17) is 0 Å². The molecule has 0 radical (unpaired) electrons. The molecule has 3 aliphatic rings. The van der Waals surface area contributed by atoms with Crippen LogP contribution < -0.4 is 5.32 Å². The fraction of sp³-hybridized carbons (Fsp3) is 0.545. The summed E-state index contributed by atoms with van der Waals surface area (Å²) < 4.78 is 0. The molecular weight excluding hydrogens is 190 g/mol. The SMILES string of the molecule is CC12CC(Nc3ncc(C=O)cn3)(C1)C2. The topological polar surface area (TPSA) is 54.9 Å². The molecule has 1 aromatic heterocycles. The van der Waals surface area contributed by atoms with E-state index in [1.54, 1.807) is 12.4 Å².